The van der Waals surface area contributed by atoms with Gasteiger partial charge in [0.15, 0.2) is 5.78 Å². The highest BCUT2D eigenvalue weighted by atomic mass is 16.5. The summed E-state index contributed by atoms with van der Waals surface area (Å²) < 4.78 is 5.83. The van der Waals surface area contributed by atoms with Crippen molar-refractivity contribution in [3.63, 3.8) is 0 Å². The first kappa shape index (κ1) is 16.0. The lowest BCUT2D eigenvalue weighted by atomic mass is 10.1. The van der Waals surface area contributed by atoms with Crippen LogP contribution in [0.25, 0.3) is 0 Å². The van der Waals surface area contributed by atoms with Crippen LogP contribution < -0.4 is 4.74 Å². The number of hydrogen-bond acceptors (Lipinski definition) is 4. The minimum atomic E-state index is 0.0749. The molecular weight excluding hydrogens is 264 g/mol. The molecule has 0 amide bonds. The Hall–Kier alpha value is -1.39. The second-order valence-electron chi connectivity index (χ2n) is 6.10. The van der Waals surface area contributed by atoms with E-state index in [9.17, 15) is 4.79 Å². The molecule has 0 saturated carbocycles. The van der Waals surface area contributed by atoms with Crippen LogP contribution in [0.5, 0.6) is 5.75 Å². The third-order valence-corrected chi connectivity index (χ3v) is 3.94. The van der Waals surface area contributed by atoms with E-state index >= 15 is 0 Å². The number of rotatable bonds is 6. The van der Waals surface area contributed by atoms with Gasteiger partial charge in [-0.05, 0) is 26.1 Å². The summed E-state index contributed by atoms with van der Waals surface area (Å²) in [5.41, 5.74) is 0.708. The van der Waals surface area contributed by atoms with Crippen molar-refractivity contribution in [2.45, 2.75) is 13.8 Å². The maximum absolute atomic E-state index is 11.4. The second-order valence-corrected chi connectivity index (χ2v) is 6.10. The Labute approximate surface area is 127 Å². The highest BCUT2D eigenvalue weighted by Gasteiger charge is 2.16. The third-order valence-electron chi connectivity index (χ3n) is 3.94. The van der Waals surface area contributed by atoms with Gasteiger partial charge in [-0.1, -0.05) is 19.1 Å². The predicted octanol–water partition coefficient (Wildman–Crippen LogP) is 2.15. The van der Waals surface area contributed by atoms with Crippen molar-refractivity contribution in [2.75, 3.05) is 46.4 Å². The molecule has 4 nitrogen and oxygen atoms in total. The number of hydrogen-bond donors (Lipinski definition) is 0. The fourth-order valence-corrected chi connectivity index (χ4v) is 2.57. The maximum atomic E-state index is 11.4. The summed E-state index contributed by atoms with van der Waals surface area (Å²) in [5, 5.41) is 0. The molecule has 116 valence electrons. The molecule has 0 spiro atoms. The van der Waals surface area contributed by atoms with Gasteiger partial charge in [-0.3, -0.25) is 4.79 Å². The SMILES string of the molecule is CC(=O)c1cccc(OCC(C)CN2CCN(C)CC2)c1. The fraction of sp³-hybridized carbons (Fsp3) is 0.588. The van der Waals surface area contributed by atoms with Gasteiger partial charge >= 0.3 is 0 Å². The number of nitrogens with zero attached hydrogens (tertiary/aromatic N) is 2. The van der Waals surface area contributed by atoms with Crippen molar-refractivity contribution in [2.24, 2.45) is 5.92 Å². The van der Waals surface area contributed by atoms with Crippen LogP contribution in [0, 0.1) is 5.92 Å². The van der Waals surface area contributed by atoms with Crippen LogP contribution in [-0.2, 0) is 0 Å². The first-order valence-electron chi connectivity index (χ1n) is 7.69. The fourth-order valence-electron chi connectivity index (χ4n) is 2.57. The van der Waals surface area contributed by atoms with Crippen molar-refractivity contribution in [3.05, 3.63) is 29.8 Å². The van der Waals surface area contributed by atoms with Crippen LogP contribution in [0.4, 0.5) is 0 Å². The van der Waals surface area contributed by atoms with Crippen molar-refractivity contribution in [1.82, 2.24) is 9.80 Å². The Morgan fingerprint density at radius 2 is 2.00 bits per heavy atom. The van der Waals surface area contributed by atoms with Gasteiger partial charge in [-0.15, -0.1) is 0 Å². The molecule has 0 aromatic heterocycles. The van der Waals surface area contributed by atoms with Gasteiger partial charge in [0.25, 0.3) is 0 Å². The largest absolute Gasteiger partial charge is 0.493 e. The number of ketones is 1. The average Bonchev–Trinajstić information content (AvgIpc) is 2.48. The van der Waals surface area contributed by atoms with E-state index in [2.05, 4.69) is 23.8 Å². The number of benzene rings is 1. The van der Waals surface area contributed by atoms with Crippen LogP contribution in [0.2, 0.25) is 0 Å². The molecule has 1 aliphatic rings. The van der Waals surface area contributed by atoms with Crippen LogP contribution in [0.1, 0.15) is 24.2 Å². The van der Waals surface area contributed by atoms with Gasteiger partial charge in [0.05, 0.1) is 6.61 Å². The Balaban J connectivity index is 1.77. The zero-order valence-corrected chi connectivity index (χ0v) is 13.3. The Morgan fingerprint density at radius 3 is 2.67 bits per heavy atom. The molecule has 4 heteroatoms. The number of piperazine rings is 1. The van der Waals surface area contributed by atoms with E-state index in [0.29, 0.717) is 18.1 Å². The molecule has 1 atom stereocenters. The maximum Gasteiger partial charge on any atom is 0.159 e. The monoisotopic (exact) mass is 290 g/mol. The van der Waals surface area contributed by atoms with Gasteiger partial charge in [-0.2, -0.15) is 0 Å². The second kappa shape index (κ2) is 7.57. The molecule has 1 aliphatic heterocycles. The molecule has 1 aromatic rings. The van der Waals surface area contributed by atoms with Gasteiger partial charge < -0.3 is 14.5 Å². The lowest BCUT2D eigenvalue weighted by Crippen LogP contribution is -2.46. The van der Waals surface area contributed by atoms with E-state index in [1.54, 1.807) is 6.92 Å². The van der Waals surface area contributed by atoms with Crippen molar-refractivity contribution < 1.29 is 9.53 Å². The summed E-state index contributed by atoms with van der Waals surface area (Å²) in [6.45, 7) is 10.1. The van der Waals surface area contributed by atoms with Gasteiger partial charge in [0.1, 0.15) is 5.75 Å². The zero-order valence-electron chi connectivity index (χ0n) is 13.3. The number of carbonyl (C=O) groups is 1. The molecule has 2 rings (SSSR count). The highest BCUT2D eigenvalue weighted by molar-refractivity contribution is 5.94. The zero-order chi connectivity index (χ0) is 15.2. The minimum absolute atomic E-state index is 0.0749. The third kappa shape index (κ3) is 5.14. The van der Waals surface area contributed by atoms with Crippen LogP contribution >= 0.6 is 0 Å². The number of Topliss-reactive ketones (excluding diaryl/α,β-unsaturated/α-hetero) is 1. The van der Waals surface area contributed by atoms with E-state index in [0.717, 1.165) is 38.5 Å². The van der Waals surface area contributed by atoms with Crippen LogP contribution in [0.15, 0.2) is 24.3 Å². The number of ether oxygens (including phenoxy) is 1. The minimum Gasteiger partial charge on any atom is -0.493 e. The first-order chi connectivity index (χ1) is 10.0. The standard InChI is InChI=1S/C17H26N2O2/c1-14(12-19-9-7-18(3)8-10-19)13-21-17-6-4-5-16(11-17)15(2)20/h4-6,11,14H,7-10,12-13H2,1-3H3. The Morgan fingerprint density at radius 1 is 1.29 bits per heavy atom. The van der Waals surface area contributed by atoms with E-state index in [1.165, 1.54) is 0 Å². The lowest BCUT2D eigenvalue weighted by molar-refractivity contribution is 0.101. The van der Waals surface area contributed by atoms with E-state index < -0.39 is 0 Å². The molecule has 0 bridgehead atoms. The van der Waals surface area contributed by atoms with Gasteiger partial charge in [-0.25, -0.2) is 0 Å². The molecule has 1 unspecified atom stereocenters. The molecule has 1 saturated heterocycles. The van der Waals surface area contributed by atoms with Crippen molar-refractivity contribution >= 4 is 5.78 Å². The number of carbonyl (C=O) groups excluding carboxylic acids is 1. The van der Waals surface area contributed by atoms with Gasteiger partial charge in [0.2, 0.25) is 0 Å². The number of likely N-dealkylation sites (N-methyl/N-ethyl adjacent to an activating group) is 1. The molecule has 1 heterocycles. The molecule has 0 aliphatic carbocycles. The highest BCUT2D eigenvalue weighted by Crippen LogP contribution is 2.15. The summed E-state index contributed by atoms with van der Waals surface area (Å²) in [6.07, 6.45) is 0. The van der Waals surface area contributed by atoms with E-state index in [-0.39, 0.29) is 5.78 Å². The van der Waals surface area contributed by atoms with Gasteiger partial charge in [0, 0.05) is 44.2 Å². The van der Waals surface area contributed by atoms with Crippen LogP contribution in [-0.4, -0.2) is 62.0 Å². The van der Waals surface area contributed by atoms with Crippen molar-refractivity contribution in [1.29, 1.82) is 0 Å². The molecule has 0 N–H and O–H groups in total. The van der Waals surface area contributed by atoms with E-state index in [4.69, 9.17) is 4.74 Å². The Bertz CT molecular complexity index is 468. The predicted molar refractivity (Wildman–Crippen MR) is 85.0 cm³/mol. The van der Waals surface area contributed by atoms with Crippen LogP contribution in [0.3, 0.4) is 0 Å². The van der Waals surface area contributed by atoms with Crippen molar-refractivity contribution in [3.8, 4) is 5.75 Å². The average molecular weight is 290 g/mol. The smallest absolute Gasteiger partial charge is 0.159 e. The molecule has 0 radical (unpaired) electrons. The lowest BCUT2D eigenvalue weighted by Gasteiger charge is -2.33. The molecule has 1 aromatic carbocycles. The summed E-state index contributed by atoms with van der Waals surface area (Å²) in [7, 11) is 2.17. The molecular formula is C17H26N2O2. The summed E-state index contributed by atoms with van der Waals surface area (Å²) >= 11 is 0. The quantitative estimate of drug-likeness (QED) is 0.752. The Kier molecular flexibility index (Phi) is 5.76. The first-order valence-corrected chi connectivity index (χ1v) is 7.69. The normalized spacial score (nSPS) is 18.4. The summed E-state index contributed by atoms with van der Waals surface area (Å²) in [4.78, 5) is 16.2. The topological polar surface area (TPSA) is 32.8 Å². The summed E-state index contributed by atoms with van der Waals surface area (Å²) in [5.74, 6) is 1.34. The molecule has 1 fully saturated rings. The summed E-state index contributed by atoms with van der Waals surface area (Å²) in [6, 6.07) is 7.43. The van der Waals surface area contributed by atoms with E-state index in [1.807, 2.05) is 24.3 Å². The molecule has 21 heavy (non-hydrogen) atoms.